The highest BCUT2D eigenvalue weighted by Crippen LogP contribution is 2.34. The summed E-state index contributed by atoms with van der Waals surface area (Å²) in [6.07, 6.45) is 3.46. The normalized spacial score (nSPS) is 16.8. The molecule has 2 aromatic carbocycles. The second-order valence-corrected chi connectivity index (χ2v) is 8.59. The molecule has 4 nitrogen and oxygen atoms in total. The molecule has 0 radical (unpaired) electrons. The van der Waals surface area contributed by atoms with Crippen LogP contribution in [0.1, 0.15) is 35.8 Å². The molecule has 0 amide bonds. The Bertz CT molecular complexity index is 1030. The first kappa shape index (κ1) is 17.9. The van der Waals surface area contributed by atoms with Gasteiger partial charge in [0.25, 0.3) is 5.56 Å². The molecule has 0 bridgehead atoms. The van der Waals surface area contributed by atoms with Gasteiger partial charge in [-0.2, -0.15) is 0 Å². The molecular formula is C20H19Br2N3O. The zero-order valence-electron chi connectivity index (χ0n) is 14.4. The third-order valence-electron chi connectivity index (χ3n) is 5.05. The van der Waals surface area contributed by atoms with E-state index in [1.807, 2.05) is 6.07 Å². The Morgan fingerprint density at radius 2 is 2.08 bits per heavy atom. The van der Waals surface area contributed by atoms with E-state index in [-0.39, 0.29) is 5.56 Å². The lowest BCUT2D eigenvalue weighted by atomic mass is 9.87. The predicted molar refractivity (Wildman–Crippen MR) is 111 cm³/mol. The molecule has 0 aliphatic heterocycles. The fourth-order valence-electron chi connectivity index (χ4n) is 3.82. The summed E-state index contributed by atoms with van der Waals surface area (Å²) >= 11 is 6.95. The van der Waals surface area contributed by atoms with Crippen molar-refractivity contribution >= 4 is 42.8 Å². The first-order valence-electron chi connectivity index (χ1n) is 8.69. The van der Waals surface area contributed by atoms with Crippen LogP contribution in [-0.2, 0) is 13.0 Å². The molecule has 0 fully saturated rings. The minimum absolute atomic E-state index is 0.107. The van der Waals surface area contributed by atoms with Gasteiger partial charge in [-0.3, -0.25) is 9.69 Å². The number of hydrogen-bond acceptors (Lipinski definition) is 3. The molecule has 1 aliphatic carbocycles. The van der Waals surface area contributed by atoms with Gasteiger partial charge in [-0.05, 0) is 65.5 Å². The lowest BCUT2D eigenvalue weighted by Crippen LogP contribution is -2.29. The van der Waals surface area contributed by atoms with Crippen LogP contribution in [0.4, 0.5) is 0 Å². The fourth-order valence-corrected chi connectivity index (χ4v) is 5.14. The molecule has 3 aromatic rings. The van der Waals surface area contributed by atoms with Gasteiger partial charge in [0.15, 0.2) is 0 Å². The van der Waals surface area contributed by atoms with Crippen molar-refractivity contribution in [3.63, 3.8) is 0 Å². The zero-order valence-corrected chi connectivity index (χ0v) is 17.6. The van der Waals surface area contributed by atoms with Crippen LogP contribution >= 0.6 is 31.9 Å². The third kappa shape index (κ3) is 3.38. The van der Waals surface area contributed by atoms with Crippen molar-refractivity contribution in [1.82, 2.24) is 14.9 Å². The van der Waals surface area contributed by atoms with Gasteiger partial charge in [0.2, 0.25) is 0 Å². The average Bonchev–Trinajstić information content (AvgIpc) is 2.62. The highest BCUT2D eigenvalue weighted by atomic mass is 79.9. The van der Waals surface area contributed by atoms with E-state index in [4.69, 9.17) is 4.98 Å². The van der Waals surface area contributed by atoms with Gasteiger partial charge in [0.1, 0.15) is 5.82 Å². The molecule has 6 heteroatoms. The smallest absolute Gasteiger partial charge is 0.258 e. The number of aromatic nitrogens is 2. The van der Waals surface area contributed by atoms with Gasteiger partial charge in [0.05, 0.1) is 17.4 Å². The third-order valence-corrected chi connectivity index (χ3v) is 6.11. The minimum atomic E-state index is -0.107. The molecule has 1 aromatic heterocycles. The molecule has 1 heterocycles. The summed E-state index contributed by atoms with van der Waals surface area (Å²) in [6.45, 7) is 0.604. The molecule has 0 spiro atoms. The maximum Gasteiger partial charge on any atom is 0.258 e. The van der Waals surface area contributed by atoms with E-state index >= 15 is 0 Å². The Kier molecular flexibility index (Phi) is 4.99. The van der Waals surface area contributed by atoms with Crippen molar-refractivity contribution in [3.05, 3.63) is 72.6 Å². The maximum atomic E-state index is 12.5. The van der Waals surface area contributed by atoms with Crippen LogP contribution < -0.4 is 5.56 Å². The number of benzene rings is 2. The van der Waals surface area contributed by atoms with E-state index in [1.54, 1.807) is 6.07 Å². The first-order valence-corrected chi connectivity index (χ1v) is 10.3. The number of fused-ring (bicyclic) bond motifs is 2. The van der Waals surface area contributed by atoms with Gasteiger partial charge in [-0.15, -0.1) is 0 Å². The number of nitrogens with one attached hydrogen (secondary N) is 1. The molecular weight excluding hydrogens is 458 g/mol. The molecule has 134 valence electrons. The molecule has 1 N–H and O–H groups in total. The molecule has 4 rings (SSSR count). The van der Waals surface area contributed by atoms with Crippen LogP contribution in [0.25, 0.3) is 10.9 Å². The zero-order chi connectivity index (χ0) is 18.3. The van der Waals surface area contributed by atoms with Gasteiger partial charge < -0.3 is 4.98 Å². The number of hydrogen-bond donors (Lipinski definition) is 1. The summed E-state index contributed by atoms with van der Waals surface area (Å²) in [5, 5.41) is 0.584. The Balaban J connectivity index is 1.67. The summed E-state index contributed by atoms with van der Waals surface area (Å²) in [7, 11) is 2.10. The molecule has 1 aliphatic rings. The van der Waals surface area contributed by atoms with Crippen molar-refractivity contribution in [2.45, 2.75) is 31.8 Å². The molecule has 0 saturated carbocycles. The quantitative estimate of drug-likeness (QED) is 0.581. The highest BCUT2D eigenvalue weighted by molar-refractivity contribution is 9.11. The van der Waals surface area contributed by atoms with Crippen LogP contribution in [0.5, 0.6) is 0 Å². The topological polar surface area (TPSA) is 49.0 Å². The molecule has 0 saturated heterocycles. The van der Waals surface area contributed by atoms with Crippen molar-refractivity contribution in [2.24, 2.45) is 0 Å². The second-order valence-electron chi connectivity index (χ2n) is 6.82. The van der Waals surface area contributed by atoms with Crippen LogP contribution in [-0.4, -0.2) is 21.9 Å². The summed E-state index contributed by atoms with van der Waals surface area (Å²) < 4.78 is 1.67. The number of aromatic amines is 1. The fraction of sp³-hybridized carbons (Fsp3) is 0.300. The molecule has 0 unspecified atom stereocenters. The van der Waals surface area contributed by atoms with E-state index in [1.165, 1.54) is 17.5 Å². The van der Waals surface area contributed by atoms with Crippen molar-refractivity contribution in [2.75, 3.05) is 7.05 Å². The Hall–Kier alpha value is -1.50. The highest BCUT2D eigenvalue weighted by Gasteiger charge is 2.24. The largest absolute Gasteiger partial charge is 0.309 e. The Labute approximate surface area is 168 Å². The van der Waals surface area contributed by atoms with Gasteiger partial charge in [-0.1, -0.05) is 40.2 Å². The summed E-state index contributed by atoms with van der Waals surface area (Å²) in [6, 6.07) is 12.7. The van der Waals surface area contributed by atoms with Gasteiger partial charge in [0, 0.05) is 15.0 Å². The van der Waals surface area contributed by atoms with Crippen LogP contribution in [0.3, 0.4) is 0 Å². The van der Waals surface area contributed by atoms with Crippen molar-refractivity contribution in [1.29, 1.82) is 0 Å². The van der Waals surface area contributed by atoms with Gasteiger partial charge in [-0.25, -0.2) is 4.98 Å². The number of H-pyrrole nitrogens is 1. The van der Waals surface area contributed by atoms with E-state index in [0.29, 0.717) is 29.3 Å². The van der Waals surface area contributed by atoms with E-state index in [0.717, 1.165) is 21.8 Å². The van der Waals surface area contributed by atoms with E-state index < -0.39 is 0 Å². The van der Waals surface area contributed by atoms with Crippen LogP contribution in [0.15, 0.2) is 50.1 Å². The van der Waals surface area contributed by atoms with Crippen LogP contribution in [0, 0.1) is 0 Å². The average molecular weight is 477 g/mol. The van der Waals surface area contributed by atoms with Crippen molar-refractivity contribution in [3.8, 4) is 0 Å². The number of aryl methyl sites for hydroxylation is 1. The van der Waals surface area contributed by atoms with Crippen LogP contribution in [0.2, 0.25) is 0 Å². The molecule has 1 atom stereocenters. The summed E-state index contributed by atoms with van der Waals surface area (Å²) in [5.74, 6) is 0.691. The monoisotopic (exact) mass is 475 g/mol. The summed E-state index contributed by atoms with van der Waals surface area (Å²) in [4.78, 5) is 22.4. The number of nitrogens with zero attached hydrogens (tertiary/aromatic N) is 2. The lowest BCUT2D eigenvalue weighted by Gasteiger charge is -2.33. The first-order chi connectivity index (χ1) is 12.5. The maximum absolute atomic E-state index is 12.5. The predicted octanol–water partition coefficient (Wildman–Crippen LogP) is 4.96. The minimum Gasteiger partial charge on any atom is -0.309 e. The molecule has 26 heavy (non-hydrogen) atoms. The Morgan fingerprint density at radius 1 is 1.27 bits per heavy atom. The Morgan fingerprint density at radius 3 is 2.92 bits per heavy atom. The van der Waals surface area contributed by atoms with E-state index in [2.05, 4.69) is 73.1 Å². The van der Waals surface area contributed by atoms with Gasteiger partial charge >= 0.3 is 0 Å². The standard InChI is InChI=1S/C20H19Br2N3O/c1-25(17-8-4-6-12-5-2-3-7-14(12)17)11-18-23-19-15(20(26)24-18)9-13(21)10-16(19)22/h2-3,5,7,9-10,17H,4,6,8,11H2,1H3,(H,23,24,26)/t17-/m0/s1. The SMILES string of the molecule is CN(Cc1nc2c(Br)cc(Br)cc2c(=O)[nH]1)[C@H]1CCCc2ccccc21. The number of rotatable bonds is 3. The van der Waals surface area contributed by atoms with Crippen molar-refractivity contribution < 1.29 is 0 Å². The lowest BCUT2D eigenvalue weighted by molar-refractivity contribution is 0.208. The second kappa shape index (κ2) is 7.25. The summed E-state index contributed by atoms with van der Waals surface area (Å²) in [5.41, 5.74) is 3.42. The number of halogens is 2. The van der Waals surface area contributed by atoms with E-state index in [9.17, 15) is 4.79 Å².